The number of hydrogen-bond acceptors (Lipinski definition) is 4. The van der Waals surface area contributed by atoms with Crippen molar-refractivity contribution in [1.29, 1.82) is 0 Å². The summed E-state index contributed by atoms with van der Waals surface area (Å²) in [6.45, 7) is 1.63. The minimum atomic E-state index is -0.0488. The van der Waals surface area contributed by atoms with Gasteiger partial charge in [0.15, 0.2) is 11.5 Å². The predicted molar refractivity (Wildman–Crippen MR) is 103 cm³/mol. The summed E-state index contributed by atoms with van der Waals surface area (Å²) in [5, 5.41) is 2.99. The monoisotopic (exact) mass is 378 g/mol. The van der Waals surface area contributed by atoms with Gasteiger partial charge in [-0.25, -0.2) is 0 Å². The van der Waals surface area contributed by atoms with Gasteiger partial charge in [0.2, 0.25) is 18.6 Å². The Bertz CT molecular complexity index is 929. The zero-order chi connectivity index (χ0) is 19.1. The number of hydrogen-bond donors (Lipinski definition) is 1. The fourth-order valence-corrected chi connectivity index (χ4v) is 4.36. The van der Waals surface area contributed by atoms with E-state index in [2.05, 4.69) is 5.32 Å². The topological polar surface area (TPSA) is 67.9 Å². The molecule has 2 heterocycles. The molecule has 0 bridgehead atoms. The van der Waals surface area contributed by atoms with Gasteiger partial charge in [0, 0.05) is 36.2 Å². The molecule has 6 nitrogen and oxygen atoms in total. The first-order valence-corrected chi connectivity index (χ1v) is 9.65. The highest BCUT2D eigenvalue weighted by Gasteiger charge is 2.61. The molecule has 0 aromatic heterocycles. The van der Waals surface area contributed by atoms with Crippen molar-refractivity contribution in [2.75, 3.05) is 25.2 Å². The highest BCUT2D eigenvalue weighted by molar-refractivity contribution is 5.95. The molecule has 1 spiro atoms. The van der Waals surface area contributed by atoms with E-state index in [0.717, 1.165) is 24.9 Å². The standard InChI is InChI=1S/C22H22N2O4/c25-20(10-15-4-2-1-3-5-15)24-9-8-22(13-24)12-17(22)21(26)23-16-6-7-18-19(11-16)28-14-27-18/h1-7,11,17H,8-10,12-14H2,(H,23,26). The highest BCUT2D eigenvalue weighted by atomic mass is 16.7. The fraction of sp³-hybridized carbons (Fsp3) is 0.364. The molecule has 2 aromatic rings. The fourth-order valence-electron chi connectivity index (χ4n) is 4.36. The molecule has 0 radical (unpaired) electrons. The van der Waals surface area contributed by atoms with Gasteiger partial charge < -0.3 is 19.7 Å². The quantitative estimate of drug-likeness (QED) is 0.888. The molecule has 1 saturated heterocycles. The molecule has 2 unspecified atom stereocenters. The van der Waals surface area contributed by atoms with Crippen molar-refractivity contribution in [2.24, 2.45) is 11.3 Å². The lowest BCUT2D eigenvalue weighted by Crippen LogP contribution is -2.31. The zero-order valence-corrected chi connectivity index (χ0v) is 15.5. The van der Waals surface area contributed by atoms with Crippen LogP contribution in [0.3, 0.4) is 0 Å². The van der Waals surface area contributed by atoms with Crippen LogP contribution in [-0.4, -0.2) is 36.6 Å². The molecule has 1 saturated carbocycles. The first-order valence-electron chi connectivity index (χ1n) is 9.65. The molecule has 28 heavy (non-hydrogen) atoms. The van der Waals surface area contributed by atoms with Crippen LogP contribution in [0.15, 0.2) is 48.5 Å². The van der Waals surface area contributed by atoms with E-state index >= 15 is 0 Å². The lowest BCUT2D eigenvalue weighted by Gasteiger charge is -2.17. The van der Waals surface area contributed by atoms with E-state index in [-0.39, 0.29) is 29.9 Å². The van der Waals surface area contributed by atoms with E-state index in [1.54, 1.807) is 12.1 Å². The molecule has 2 fully saturated rings. The number of likely N-dealkylation sites (tertiary alicyclic amines) is 1. The Balaban J connectivity index is 1.18. The number of anilines is 1. The Hall–Kier alpha value is -3.02. The summed E-state index contributed by atoms with van der Waals surface area (Å²) in [5.74, 6) is 1.49. The van der Waals surface area contributed by atoms with Crippen molar-refractivity contribution < 1.29 is 19.1 Å². The third-order valence-electron chi connectivity index (χ3n) is 6.08. The van der Waals surface area contributed by atoms with Gasteiger partial charge in [-0.3, -0.25) is 9.59 Å². The number of nitrogens with zero attached hydrogens (tertiary/aromatic N) is 1. The van der Waals surface area contributed by atoms with Crippen LogP contribution < -0.4 is 14.8 Å². The summed E-state index contributed by atoms with van der Waals surface area (Å²) >= 11 is 0. The smallest absolute Gasteiger partial charge is 0.231 e. The number of ether oxygens (including phenoxy) is 2. The van der Waals surface area contributed by atoms with Crippen molar-refractivity contribution in [3.05, 3.63) is 54.1 Å². The number of amides is 2. The van der Waals surface area contributed by atoms with Crippen molar-refractivity contribution in [2.45, 2.75) is 19.3 Å². The Labute approximate surface area is 163 Å². The maximum absolute atomic E-state index is 12.7. The molecule has 1 aliphatic carbocycles. The van der Waals surface area contributed by atoms with Crippen LogP contribution in [0.4, 0.5) is 5.69 Å². The van der Waals surface area contributed by atoms with Gasteiger partial charge in [-0.2, -0.15) is 0 Å². The number of rotatable bonds is 4. The first-order chi connectivity index (χ1) is 13.6. The van der Waals surface area contributed by atoms with Gasteiger partial charge in [-0.1, -0.05) is 30.3 Å². The van der Waals surface area contributed by atoms with Crippen molar-refractivity contribution in [1.82, 2.24) is 4.90 Å². The van der Waals surface area contributed by atoms with Gasteiger partial charge in [0.25, 0.3) is 0 Å². The zero-order valence-electron chi connectivity index (χ0n) is 15.5. The third-order valence-corrected chi connectivity index (χ3v) is 6.08. The van der Waals surface area contributed by atoms with Crippen LogP contribution in [0.5, 0.6) is 11.5 Å². The summed E-state index contributed by atoms with van der Waals surface area (Å²) in [6.07, 6.45) is 2.16. The largest absolute Gasteiger partial charge is 0.454 e. The van der Waals surface area contributed by atoms with E-state index in [1.165, 1.54) is 0 Å². The lowest BCUT2D eigenvalue weighted by atomic mass is 10.0. The van der Waals surface area contributed by atoms with E-state index < -0.39 is 0 Å². The van der Waals surface area contributed by atoms with Gasteiger partial charge in [-0.05, 0) is 30.5 Å². The van der Waals surface area contributed by atoms with E-state index in [0.29, 0.717) is 30.2 Å². The van der Waals surface area contributed by atoms with Crippen LogP contribution in [-0.2, 0) is 16.0 Å². The molecule has 1 N–H and O–H groups in total. The molecule has 2 amide bonds. The van der Waals surface area contributed by atoms with Crippen LogP contribution in [0, 0.1) is 11.3 Å². The average Bonchev–Trinajstić information content (AvgIpc) is 3.02. The Morgan fingerprint density at radius 2 is 1.93 bits per heavy atom. The Kier molecular flexibility index (Phi) is 4.00. The molecule has 2 atom stereocenters. The maximum Gasteiger partial charge on any atom is 0.231 e. The van der Waals surface area contributed by atoms with Gasteiger partial charge in [0.1, 0.15) is 0 Å². The summed E-state index contributed by atoms with van der Waals surface area (Å²) in [6, 6.07) is 15.2. The molecule has 2 aromatic carbocycles. The molecular formula is C22H22N2O4. The molecule has 3 aliphatic rings. The molecule has 144 valence electrons. The van der Waals surface area contributed by atoms with Gasteiger partial charge in [-0.15, -0.1) is 0 Å². The third kappa shape index (κ3) is 3.09. The normalized spacial score (nSPS) is 24.4. The second-order valence-corrected chi connectivity index (χ2v) is 7.90. The van der Waals surface area contributed by atoms with Crippen LogP contribution in [0.2, 0.25) is 0 Å². The second kappa shape index (κ2) is 6.55. The second-order valence-electron chi connectivity index (χ2n) is 7.90. The van der Waals surface area contributed by atoms with E-state index in [4.69, 9.17) is 9.47 Å². The molecular weight excluding hydrogens is 356 g/mol. The van der Waals surface area contributed by atoms with Gasteiger partial charge >= 0.3 is 0 Å². The molecule has 5 rings (SSSR count). The summed E-state index contributed by atoms with van der Waals surface area (Å²) in [4.78, 5) is 27.2. The summed E-state index contributed by atoms with van der Waals surface area (Å²) in [7, 11) is 0. The number of carbonyl (C=O) groups is 2. The number of carbonyl (C=O) groups excluding carboxylic acids is 2. The van der Waals surface area contributed by atoms with Crippen molar-refractivity contribution in [3.8, 4) is 11.5 Å². The van der Waals surface area contributed by atoms with Crippen LogP contribution >= 0.6 is 0 Å². The Morgan fingerprint density at radius 1 is 1.11 bits per heavy atom. The number of nitrogens with one attached hydrogen (secondary N) is 1. The molecule has 6 heteroatoms. The van der Waals surface area contributed by atoms with Crippen molar-refractivity contribution >= 4 is 17.5 Å². The minimum absolute atomic E-state index is 0.0243. The minimum Gasteiger partial charge on any atom is -0.454 e. The SMILES string of the molecule is O=C(Nc1ccc2c(c1)OCO2)C1CC12CCN(C(=O)Cc1ccccc1)C2. The van der Waals surface area contributed by atoms with Gasteiger partial charge in [0.05, 0.1) is 6.42 Å². The summed E-state index contributed by atoms with van der Waals surface area (Å²) < 4.78 is 10.7. The number of fused-ring (bicyclic) bond motifs is 1. The van der Waals surface area contributed by atoms with E-state index in [1.807, 2.05) is 41.3 Å². The Morgan fingerprint density at radius 3 is 2.79 bits per heavy atom. The summed E-state index contributed by atoms with van der Waals surface area (Å²) in [5.41, 5.74) is 1.69. The first kappa shape index (κ1) is 17.1. The highest BCUT2D eigenvalue weighted by Crippen LogP contribution is 2.58. The molecule has 2 aliphatic heterocycles. The maximum atomic E-state index is 12.7. The van der Waals surface area contributed by atoms with E-state index in [9.17, 15) is 9.59 Å². The lowest BCUT2D eigenvalue weighted by molar-refractivity contribution is -0.129. The predicted octanol–water partition coefficient (Wildman–Crippen LogP) is 2.84. The van der Waals surface area contributed by atoms with Crippen LogP contribution in [0.1, 0.15) is 18.4 Å². The average molecular weight is 378 g/mol. The number of benzene rings is 2. The van der Waals surface area contributed by atoms with Crippen LogP contribution in [0.25, 0.3) is 0 Å². The van der Waals surface area contributed by atoms with Crippen molar-refractivity contribution in [3.63, 3.8) is 0 Å².